The van der Waals surface area contributed by atoms with Crippen molar-refractivity contribution in [1.82, 2.24) is 9.91 Å². The number of esters is 1. The van der Waals surface area contributed by atoms with E-state index in [1.54, 1.807) is 7.05 Å². The third kappa shape index (κ3) is 5.24. The zero-order valence-corrected chi connectivity index (χ0v) is 17.8. The number of likely N-dealkylation sites (N-methyl/N-ethyl adjacent to an activating group) is 1. The van der Waals surface area contributed by atoms with E-state index < -0.39 is 28.0 Å². The fraction of sp³-hybridized carbons (Fsp3) is 0.500. The largest absolute Gasteiger partial charge is 0.448 e. The van der Waals surface area contributed by atoms with Crippen LogP contribution in [-0.2, 0) is 35.5 Å². The van der Waals surface area contributed by atoms with E-state index in [0.29, 0.717) is 13.0 Å². The van der Waals surface area contributed by atoms with Crippen molar-refractivity contribution in [2.24, 2.45) is 5.10 Å². The first kappa shape index (κ1) is 21.9. The van der Waals surface area contributed by atoms with Gasteiger partial charge in [-0.05, 0) is 18.9 Å². The van der Waals surface area contributed by atoms with Crippen molar-refractivity contribution < 1.29 is 27.5 Å². The zero-order valence-electron chi connectivity index (χ0n) is 17.0. The van der Waals surface area contributed by atoms with E-state index in [0.717, 1.165) is 10.6 Å². The summed E-state index contributed by atoms with van der Waals surface area (Å²) in [6.07, 6.45) is -0.597. The average molecular weight is 436 g/mol. The molecule has 0 radical (unpaired) electrons. The molecule has 2 atom stereocenters. The van der Waals surface area contributed by atoms with Crippen LogP contribution in [0.2, 0.25) is 0 Å². The predicted octanol–water partition coefficient (Wildman–Crippen LogP) is 0.742. The Morgan fingerprint density at radius 1 is 1.27 bits per heavy atom. The first-order chi connectivity index (χ1) is 14.2. The molecule has 0 bridgehead atoms. The maximum absolute atomic E-state index is 12.5. The van der Waals surface area contributed by atoms with Gasteiger partial charge in [-0.2, -0.15) is 5.10 Å². The van der Waals surface area contributed by atoms with E-state index in [2.05, 4.69) is 5.10 Å². The van der Waals surface area contributed by atoms with Crippen LogP contribution in [0.4, 0.5) is 0 Å². The minimum Gasteiger partial charge on any atom is -0.448 e. The summed E-state index contributed by atoms with van der Waals surface area (Å²) in [7, 11) is -1.58. The molecule has 2 unspecified atom stereocenters. The summed E-state index contributed by atoms with van der Waals surface area (Å²) in [5, 5.41) is 5.17. The van der Waals surface area contributed by atoms with E-state index in [1.165, 1.54) is 11.8 Å². The van der Waals surface area contributed by atoms with Crippen LogP contribution in [0.15, 0.2) is 35.4 Å². The summed E-state index contributed by atoms with van der Waals surface area (Å²) in [5.41, 5.74) is 0.966. The lowest BCUT2D eigenvalue weighted by molar-refractivity contribution is -0.153. The number of hydrogen-bond acceptors (Lipinski definition) is 7. The van der Waals surface area contributed by atoms with E-state index in [4.69, 9.17) is 4.74 Å². The van der Waals surface area contributed by atoms with Gasteiger partial charge in [0, 0.05) is 26.4 Å². The summed E-state index contributed by atoms with van der Waals surface area (Å²) >= 11 is 0. The number of carbonyl (C=O) groups excluding carboxylic acids is 3. The Balaban J connectivity index is 1.62. The average Bonchev–Trinajstić information content (AvgIpc) is 3.07. The van der Waals surface area contributed by atoms with Crippen LogP contribution in [-0.4, -0.2) is 72.5 Å². The Kier molecular flexibility index (Phi) is 6.55. The van der Waals surface area contributed by atoms with Gasteiger partial charge in [0.1, 0.15) is 5.71 Å². The molecule has 10 heteroatoms. The topological polar surface area (TPSA) is 113 Å². The highest BCUT2D eigenvalue weighted by Gasteiger charge is 2.38. The maximum Gasteiger partial charge on any atom is 0.355 e. The van der Waals surface area contributed by atoms with Gasteiger partial charge >= 0.3 is 5.97 Å². The molecule has 1 aromatic rings. The molecule has 162 valence electrons. The minimum atomic E-state index is -3.20. The molecule has 2 amide bonds. The lowest BCUT2D eigenvalue weighted by Gasteiger charge is -2.28. The number of benzene rings is 1. The highest BCUT2D eigenvalue weighted by atomic mass is 32.2. The second kappa shape index (κ2) is 8.95. The second-order valence-electron chi connectivity index (χ2n) is 7.57. The Morgan fingerprint density at radius 2 is 1.97 bits per heavy atom. The normalized spacial score (nSPS) is 21.7. The molecule has 2 aliphatic heterocycles. The number of ether oxygens (including phenoxy) is 1. The standard InChI is InChI=1S/C20H25N3O6S/c1-14(19(25)22(2)12-15-6-4-3-5-7-15)29-20(26)17-8-9-18(24)23(21-17)16-10-11-30(27,28)13-16/h3-7,14,16H,8-13H2,1-2H3. The lowest BCUT2D eigenvalue weighted by Crippen LogP contribution is -2.43. The first-order valence-electron chi connectivity index (χ1n) is 9.76. The molecule has 0 aliphatic carbocycles. The molecular weight excluding hydrogens is 410 g/mol. The van der Waals surface area contributed by atoms with Crippen molar-refractivity contribution in [3.8, 4) is 0 Å². The second-order valence-corrected chi connectivity index (χ2v) is 9.80. The van der Waals surface area contributed by atoms with Crippen LogP contribution in [0.1, 0.15) is 31.7 Å². The van der Waals surface area contributed by atoms with E-state index >= 15 is 0 Å². The van der Waals surface area contributed by atoms with Gasteiger partial charge < -0.3 is 9.64 Å². The van der Waals surface area contributed by atoms with Gasteiger partial charge in [-0.1, -0.05) is 30.3 Å². The van der Waals surface area contributed by atoms with Crippen LogP contribution < -0.4 is 0 Å². The fourth-order valence-corrected chi connectivity index (χ4v) is 5.19. The smallest absolute Gasteiger partial charge is 0.355 e. The van der Waals surface area contributed by atoms with Gasteiger partial charge in [0.2, 0.25) is 5.91 Å². The maximum atomic E-state index is 12.5. The Hall–Kier alpha value is -2.75. The van der Waals surface area contributed by atoms with Crippen LogP contribution in [0.5, 0.6) is 0 Å². The van der Waals surface area contributed by atoms with Crippen molar-refractivity contribution in [2.45, 2.75) is 44.9 Å². The van der Waals surface area contributed by atoms with Gasteiger partial charge in [-0.25, -0.2) is 18.2 Å². The molecule has 1 aromatic carbocycles. The molecule has 1 saturated heterocycles. The van der Waals surface area contributed by atoms with Crippen LogP contribution in [0.25, 0.3) is 0 Å². The molecule has 9 nitrogen and oxygen atoms in total. The molecule has 0 saturated carbocycles. The SMILES string of the molecule is CC(OC(=O)C1=NN(C2CCS(=O)(=O)C2)C(=O)CC1)C(=O)N(C)Cc1ccccc1. The summed E-state index contributed by atoms with van der Waals surface area (Å²) in [6, 6.07) is 8.86. The number of sulfone groups is 1. The van der Waals surface area contributed by atoms with E-state index in [-0.39, 0.29) is 41.9 Å². The molecule has 0 aromatic heterocycles. The molecule has 0 N–H and O–H groups in total. The van der Waals surface area contributed by atoms with Crippen LogP contribution in [0.3, 0.4) is 0 Å². The van der Waals surface area contributed by atoms with Crippen molar-refractivity contribution in [2.75, 3.05) is 18.6 Å². The number of carbonyl (C=O) groups is 3. The molecular formula is C20H25N3O6S. The number of hydrogen-bond donors (Lipinski definition) is 0. The Labute approximate surface area is 175 Å². The number of rotatable bonds is 6. The van der Waals surface area contributed by atoms with Crippen LogP contribution >= 0.6 is 0 Å². The van der Waals surface area contributed by atoms with Gasteiger partial charge in [0.05, 0.1) is 17.5 Å². The highest BCUT2D eigenvalue weighted by molar-refractivity contribution is 7.91. The molecule has 1 fully saturated rings. The number of hydrazone groups is 1. The minimum absolute atomic E-state index is 0.00394. The monoisotopic (exact) mass is 435 g/mol. The van der Waals surface area contributed by atoms with Gasteiger partial charge in [-0.3, -0.25) is 9.59 Å². The molecule has 2 aliphatic rings. The molecule has 30 heavy (non-hydrogen) atoms. The lowest BCUT2D eigenvalue weighted by atomic mass is 10.1. The molecule has 2 heterocycles. The summed E-state index contributed by atoms with van der Waals surface area (Å²) in [6.45, 7) is 1.86. The summed E-state index contributed by atoms with van der Waals surface area (Å²) in [4.78, 5) is 38.7. The molecule has 3 rings (SSSR count). The highest BCUT2D eigenvalue weighted by Crippen LogP contribution is 2.22. The third-order valence-corrected chi connectivity index (χ3v) is 6.87. The van der Waals surface area contributed by atoms with Crippen molar-refractivity contribution in [3.63, 3.8) is 0 Å². The predicted molar refractivity (Wildman–Crippen MR) is 109 cm³/mol. The van der Waals surface area contributed by atoms with Gasteiger partial charge in [0.15, 0.2) is 15.9 Å². The van der Waals surface area contributed by atoms with E-state index in [1.807, 2.05) is 30.3 Å². The van der Waals surface area contributed by atoms with E-state index in [9.17, 15) is 22.8 Å². The quantitative estimate of drug-likeness (QED) is 0.609. The third-order valence-electron chi connectivity index (χ3n) is 5.12. The number of amides is 2. The number of nitrogens with zero attached hydrogens (tertiary/aromatic N) is 3. The van der Waals surface area contributed by atoms with Crippen LogP contribution in [0, 0.1) is 0 Å². The van der Waals surface area contributed by atoms with Gasteiger partial charge in [0.25, 0.3) is 5.91 Å². The first-order valence-corrected chi connectivity index (χ1v) is 11.6. The van der Waals surface area contributed by atoms with Crippen molar-refractivity contribution >= 4 is 33.3 Å². The summed E-state index contributed by atoms with van der Waals surface area (Å²) in [5.74, 6) is -1.62. The van der Waals surface area contributed by atoms with Crippen molar-refractivity contribution in [1.29, 1.82) is 0 Å². The zero-order chi connectivity index (χ0) is 21.9. The fourth-order valence-electron chi connectivity index (χ4n) is 3.50. The Morgan fingerprint density at radius 3 is 2.60 bits per heavy atom. The van der Waals surface area contributed by atoms with Gasteiger partial charge in [-0.15, -0.1) is 0 Å². The summed E-state index contributed by atoms with van der Waals surface area (Å²) < 4.78 is 28.7. The van der Waals surface area contributed by atoms with Crippen molar-refractivity contribution in [3.05, 3.63) is 35.9 Å². The molecule has 0 spiro atoms. The Bertz CT molecular complexity index is 960.